The number of methoxy groups -OCH3 is 1. The summed E-state index contributed by atoms with van der Waals surface area (Å²) in [5.74, 6) is 0.847. The Morgan fingerprint density at radius 2 is 2.06 bits per heavy atom. The zero-order valence-corrected chi connectivity index (χ0v) is 12.6. The van der Waals surface area contributed by atoms with Crippen LogP contribution in [0.15, 0.2) is 28.7 Å². The molecule has 0 bridgehead atoms. The van der Waals surface area contributed by atoms with Crippen molar-refractivity contribution < 1.29 is 14.2 Å². The van der Waals surface area contributed by atoms with E-state index >= 15 is 0 Å². The number of rotatable bonds is 9. The highest BCUT2D eigenvalue weighted by atomic mass is 79.9. The van der Waals surface area contributed by atoms with Crippen LogP contribution in [0.3, 0.4) is 0 Å². The van der Waals surface area contributed by atoms with Gasteiger partial charge >= 0.3 is 0 Å². The minimum Gasteiger partial charge on any atom is -0.490 e. The first kappa shape index (κ1) is 15.5. The van der Waals surface area contributed by atoms with E-state index in [1.165, 1.54) is 0 Å². The van der Waals surface area contributed by atoms with Crippen molar-refractivity contribution in [1.82, 2.24) is 0 Å². The van der Waals surface area contributed by atoms with Crippen LogP contribution in [0.2, 0.25) is 0 Å². The van der Waals surface area contributed by atoms with Crippen molar-refractivity contribution in [3.63, 3.8) is 0 Å². The van der Waals surface area contributed by atoms with Gasteiger partial charge in [0.1, 0.15) is 19.1 Å². The minimum absolute atomic E-state index is 0.0806. The van der Waals surface area contributed by atoms with Crippen molar-refractivity contribution in [2.24, 2.45) is 0 Å². The van der Waals surface area contributed by atoms with E-state index in [0.717, 1.165) is 29.5 Å². The van der Waals surface area contributed by atoms with Crippen molar-refractivity contribution in [1.29, 1.82) is 0 Å². The Hall–Kier alpha value is -0.580. The van der Waals surface area contributed by atoms with Gasteiger partial charge in [-0.05, 0) is 34.5 Å². The largest absolute Gasteiger partial charge is 0.490 e. The molecular weight excluding hydrogens is 296 g/mol. The molecule has 102 valence electrons. The summed E-state index contributed by atoms with van der Waals surface area (Å²) in [5.41, 5.74) is 0. The summed E-state index contributed by atoms with van der Waals surface area (Å²) < 4.78 is 17.3. The van der Waals surface area contributed by atoms with E-state index < -0.39 is 0 Å². The standard InChI is InChI=1S/C14H21BrO3/c1-3-4-7-12(18-11-16-2)10-17-14-9-6-5-8-13(14)15/h5-6,8-9,12H,3-4,7,10-11H2,1-2H3. The van der Waals surface area contributed by atoms with Gasteiger partial charge in [-0.3, -0.25) is 0 Å². The summed E-state index contributed by atoms with van der Waals surface area (Å²) >= 11 is 3.46. The lowest BCUT2D eigenvalue weighted by atomic mass is 10.2. The fourth-order valence-electron chi connectivity index (χ4n) is 1.56. The molecule has 4 heteroatoms. The molecule has 0 saturated carbocycles. The van der Waals surface area contributed by atoms with Crippen LogP contribution in [-0.4, -0.2) is 26.6 Å². The molecule has 1 atom stereocenters. The average Bonchev–Trinajstić information content (AvgIpc) is 2.39. The molecule has 1 aromatic carbocycles. The predicted octanol–water partition coefficient (Wildman–Crippen LogP) is 4.01. The minimum atomic E-state index is 0.0806. The first-order chi connectivity index (χ1) is 8.77. The monoisotopic (exact) mass is 316 g/mol. The number of hydrogen-bond acceptors (Lipinski definition) is 3. The molecule has 0 N–H and O–H groups in total. The molecule has 0 fully saturated rings. The van der Waals surface area contributed by atoms with Crippen molar-refractivity contribution in [2.45, 2.75) is 32.3 Å². The van der Waals surface area contributed by atoms with Crippen molar-refractivity contribution in [2.75, 3.05) is 20.5 Å². The fraction of sp³-hybridized carbons (Fsp3) is 0.571. The van der Waals surface area contributed by atoms with Crippen LogP contribution in [0.1, 0.15) is 26.2 Å². The molecule has 1 aromatic rings. The second kappa shape index (κ2) is 9.36. The van der Waals surface area contributed by atoms with Crippen LogP contribution in [0.4, 0.5) is 0 Å². The summed E-state index contributed by atoms with van der Waals surface area (Å²) in [6, 6.07) is 7.83. The second-order valence-electron chi connectivity index (χ2n) is 4.08. The van der Waals surface area contributed by atoms with Crippen LogP contribution in [0, 0.1) is 0 Å². The van der Waals surface area contributed by atoms with Gasteiger partial charge in [0.15, 0.2) is 0 Å². The molecule has 0 aliphatic carbocycles. The molecule has 1 rings (SSSR count). The quantitative estimate of drug-likeness (QED) is 0.644. The summed E-state index contributed by atoms with van der Waals surface area (Å²) in [6.45, 7) is 3.03. The molecular formula is C14H21BrO3. The Kier molecular flexibility index (Phi) is 8.05. The normalized spacial score (nSPS) is 12.4. The Morgan fingerprint density at radius 1 is 1.28 bits per heavy atom. The second-order valence-corrected chi connectivity index (χ2v) is 4.93. The molecule has 3 nitrogen and oxygen atoms in total. The van der Waals surface area contributed by atoms with Crippen molar-refractivity contribution in [3.8, 4) is 5.75 Å². The molecule has 0 saturated heterocycles. The Morgan fingerprint density at radius 3 is 2.72 bits per heavy atom. The number of para-hydroxylation sites is 1. The van der Waals surface area contributed by atoms with E-state index in [1.807, 2.05) is 24.3 Å². The third-order valence-corrected chi connectivity index (χ3v) is 3.22. The zero-order chi connectivity index (χ0) is 13.2. The average molecular weight is 317 g/mol. The highest BCUT2D eigenvalue weighted by molar-refractivity contribution is 9.10. The van der Waals surface area contributed by atoms with Gasteiger partial charge < -0.3 is 14.2 Å². The maximum absolute atomic E-state index is 5.77. The van der Waals surface area contributed by atoms with Crippen LogP contribution < -0.4 is 4.74 Å². The zero-order valence-electron chi connectivity index (χ0n) is 11.0. The van der Waals surface area contributed by atoms with E-state index in [-0.39, 0.29) is 6.10 Å². The summed E-state index contributed by atoms with van der Waals surface area (Å²) in [5, 5.41) is 0. The maximum Gasteiger partial charge on any atom is 0.146 e. The first-order valence-corrected chi connectivity index (χ1v) is 7.05. The Labute approximate surface area is 118 Å². The number of benzene rings is 1. The molecule has 0 heterocycles. The third kappa shape index (κ3) is 5.85. The number of hydrogen-bond donors (Lipinski definition) is 0. The molecule has 0 spiro atoms. The molecule has 0 aliphatic heterocycles. The maximum atomic E-state index is 5.77. The van der Waals surface area contributed by atoms with Gasteiger partial charge in [-0.1, -0.05) is 31.9 Å². The smallest absolute Gasteiger partial charge is 0.146 e. The summed E-state index contributed by atoms with van der Waals surface area (Å²) in [4.78, 5) is 0. The molecule has 0 radical (unpaired) electrons. The van der Waals surface area contributed by atoms with E-state index in [4.69, 9.17) is 14.2 Å². The van der Waals surface area contributed by atoms with Crippen molar-refractivity contribution in [3.05, 3.63) is 28.7 Å². The van der Waals surface area contributed by atoms with Crippen LogP contribution in [-0.2, 0) is 9.47 Å². The van der Waals surface area contributed by atoms with Crippen LogP contribution in [0.5, 0.6) is 5.75 Å². The molecule has 0 aliphatic rings. The SMILES string of the molecule is CCCCC(COc1ccccc1Br)OCOC. The molecule has 18 heavy (non-hydrogen) atoms. The number of unbranched alkanes of at least 4 members (excludes halogenated alkanes) is 1. The van der Waals surface area contributed by atoms with Crippen molar-refractivity contribution >= 4 is 15.9 Å². The lowest BCUT2D eigenvalue weighted by Crippen LogP contribution is -2.23. The van der Waals surface area contributed by atoms with Gasteiger partial charge in [-0.2, -0.15) is 0 Å². The highest BCUT2D eigenvalue weighted by Crippen LogP contribution is 2.24. The third-order valence-electron chi connectivity index (χ3n) is 2.56. The van der Waals surface area contributed by atoms with Crippen LogP contribution >= 0.6 is 15.9 Å². The first-order valence-electron chi connectivity index (χ1n) is 6.25. The lowest BCUT2D eigenvalue weighted by Gasteiger charge is -2.18. The van der Waals surface area contributed by atoms with E-state index in [1.54, 1.807) is 7.11 Å². The van der Waals surface area contributed by atoms with Gasteiger partial charge in [-0.25, -0.2) is 0 Å². The predicted molar refractivity (Wildman–Crippen MR) is 75.9 cm³/mol. The number of halogens is 1. The van der Waals surface area contributed by atoms with E-state index in [2.05, 4.69) is 22.9 Å². The molecule has 0 aromatic heterocycles. The number of ether oxygens (including phenoxy) is 3. The van der Waals surface area contributed by atoms with Gasteiger partial charge in [0.05, 0.1) is 10.6 Å². The molecule has 0 amide bonds. The summed E-state index contributed by atoms with van der Waals surface area (Å²) in [7, 11) is 1.63. The Balaban J connectivity index is 2.42. The van der Waals surface area contributed by atoms with Gasteiger partial charge in [0.2, 0.25) is 0 Å². The lowest BCUT2D eigenvalue weighted by molar-refractivity contribution is -0.0866. The fourth-order valence-corrected chi connectivity index (χ4v) is 1.95. The topological polar surface area (TPSA) is 27.7 Å². The molecule has 1 unspecified atom stereocenters. The van der Waals surface area contributed by atoms with Crippen LogP contribution in [0.25, 0.3) is 0 Å². The van der Waals surface area contributed by atoms with E-state index in [0.29, 0.717) is 13.4 Å². The highest BCUT2D eigenvalue weighted by Gasteiger charge is 2.10. The van der Waals surface area contributed by atoms with Gasteiger partial charge in [0.25, 0.3) is 0 Å². The Bertz CT molecular complexity index is 323. The van der Waals surface area contributed by atoms with Gasteiger partial charge in [-0.15, -0.1) is 0 Å². The van der Waals surface area contributed by atoms with E-state index in [9.17, 15) is 0 Å². The summed E-state index contributed by atoms with van der Waals surface area (Å²) in [6.07, 6.45) is 3.36. The van der Waals surface area contributed by atoms with Gasteiger partial charge in [0, 0.05) is 7.11 Å².